The van der Waals surface area contributed by atoms with Crippen LogP contribution >= 0.6 is 0 Å². The predicted octanol–water partition coefficient (Wildman–Crippen LogP) is 1.63. The first kappa shape index (κ1) is 14.2. The van der Waals surface area contributed by atoms with Gasteiger partial charge in [0.05, 0.1) is 0 Å². The Labute approximate surface area is 93.7 Å². The molecule has 0 aromatic rings. The zero-order chi connectivity index (χ0) is 11.9. The maximum atomic E-state index is 5.42. The van der Waals surface area contributed by atoms with Gasteiger partial charge in [0, 0.05) is 12.1 Å². The molecule has 0 saturated heterocycles. The van der Waals surface area contributed by atoms with Gasteiger partial charge in [0.25, 0.3) is 0 Å². The summed E-state index contributed by atoms with van der Waals surface area (Å²) in [5, 5.41) is 3.31. The van der Waals surface area contributed by atoms with Crippen LogP contribution in [-0.4, -0.2) is 18.0 Å². The van der Waals surface area contributed by atoms with Gasteiger partial charge in [0.15, 0.2) is 0 Å². The van der Waals surface area contributed by atoms with Gasteiger partial charge >= 0.3 is 0 Å². The number of hydrogen-bond donors (Lipinski definition) is 3. The van der Waals surface area contributed by atoms with Crippen LogP contribution in [0.4, 0.5) is 0 Å². The molecule has 0 unspecified atom stereocenters. The summed E-state index contributed by atoms with van der Waals surface area (Å²) in [5.41, 5.74) is 2.65. The lowest BCUT2D eigenvalue weighted by Crippen LogP contribution is -2.51. The molecule has 0 amide bonds. The largest absolute Gasteiger partial charge is 0.350 e. The third-order valence-electron chi connectivity index (χ3n) is 2.08. The van der Waals surface area contributed by atoms with Gasteiger partial charge in [0.1, 0.15) is 0 Å². The van der Waals surface area contributed by atoms with Crippen LogP contribution in [0.3, 0.4) is 0 Å². The van der Waals surface area contributed by atoms with E-state index in [0.717, 1.165) is 19.4 Å². The number of rotatable bonds is 5. The minimum absolute atomic E-state index is 0.0386. The Kier molecular flexibility index (Phi) is 6.32. The third kappa shape index (κ3) is 7.19. The number of nitrogens with two attached hydrogens (primary N) is 1. The molecule has 0 aromatic carbocycles. The smallest absolute Gasteiger partial charge is 0.206 e. The molecule has 0 aliphatic heterocycles. The molecule has 0 atom stereocenters. The minimum Gasteiger partial charge on any atom is -0.350 e. The van der Waals surface area contributed by atoms with Crippen LogP contribution in [0.5, 0.6) is 0 Å². The topological polar surface area (TPSA) is 62.4 Å². The number of nitrogens with zero attached hydrogens (tertiary/aromatic N) is 1. The Balaban J connectivity index is 4.25. The molecule has 0 heterocycles. The zero-order valence-corrected chi connectivity index (χ0v) is 10.7. The lowest BCUT2D eigenvalue weighted by atomic mass is 9.99. The molecule has 0 aliphatic carbocycles. The lowest BCUT2D eigenvalue weighted by molar-refractivity contribution is 0.414. The molecule has 90 valence electrons. The number of nitrogens with one attached hydrogen (secondary N) is 2. The van der Waals surface area contributed by atoms with Gasteiger partial charge in [0.2, 0.25) is 5.96 Å². The summed E-state index contributed by atoms with van der Waals surface area (Å²) in [5.74, 6) is 6.65. The zero-order valence-electron chi connectivity index (χ0n) is 10.7. The summed E-state index contributed by atoms with van der Waals surface area (Å²) in [6.07, 6.45) is 2.23. The second kappa shape index (κ2) is 6.67. The summed E-state index contributed by atoms with van der Waals surface area (Å²) in [6.45, 7) is 11.5. The molecule has 0 fully saturated rings. The van der Waals surface area contributed by atoms with Crippen molar-refractivity contribution < 1.29 is 0 Å². The van der Waals surface area contributed by atoms with Crippen LogP contribution in [0.25, 0.3) is 0 Å². The first-order valence-corrected chi connectivity index (χ1v) is 5.70. The fourth-order valence-electron chi connectivity index (χ4n) is 1.40. The Morgan fingerprint density at radius 1 is 1.40 bits per heavy atom. The van der Waals surface area contributed by atoms with E-state index in [-0.39, 0.29) is 5.54 Å². The molecule has 4 nitrogen and oxygen atoms in total. The molecule has 0 spiro atoms. The second-order valence-electron chi connectivity index (χ2n) is 4.99. The van der Waals surface area contributed by atoms with Crippen LogP contribution < -0.4 is 16.6 Å². The van der Waals surface area contributed by atoms with Crippen molar-refractivity contribution in [3.63, 3.8) is 0 Å². The van der Waals surface area contributed by atoms with Gasteiger partial charge in [-0.05, 0) is 26.2 Å². The summed E-state index contributed by atoms with van der Waals surface area (Å²) < 4.78 is 0. The molecule has 0 saturated carbocycles. The summed E-state index contributed by atoms with van der Waals surface area (Å²) in [7, 11) is 0. The van der Waals surface area contributed by atoms with E-state index in [2.05, 4.69) is 50.4 Å². The highest BCUT2D eigenvalue weighted by molar-refractivity contribution is 5.79. The summed E-state index contributed by atoms with van der Waals surface area (Å²) in [4.78, 5) is 4.38. The number of hydrazine groups is 1. The van der Waals surface area contributed by atoms with Crippen molar-refractivity contribution in [2.24, 2.45) is 16.8 Å². The Hall–Kier alpha value is -0.770. The summed E-state index contributed by atoms with van der Waals surface area (Å²) in [6, 6.07) is 0. The van der Waals surface area contributed by atoms with E-state index in [1.807, 2.05) is 0 Å². The molecule has 15 heavy (non-hydrogen) atoms. The van der Waals surface area contributed by atoms with E-state index in [1.54, 1.807) is 0 Å². The van der Waals surface area contributed by atoms with E-state index in [1.165, 1.54) is 0 Å². The van der Waals surface area contributed by atoms with Gasteiger partial charge in [-0.15, -0.1) is 0 Å². The van der Waals surface area contributed by atoms with Crippen molar-refractivity contribution in [2.75, 3.05) is 6.54 Å². The van der Waals surface area contributed by atoms with Crippen molar-refractivity contribution >= 4 is 5.96 Å². The monoisotopic (exact) mass is 214 g/mol. The van der Waals surface area contributed by atoms with Crippen molar-refractivity contribution in [1.82, 2.24) is 10.7 Å². The molecule has 0 aromatic heterocycles. The average Bonchev–Trinajstić information content (AvgIpc) is 2.11. The van der Waals surface area contributed by atoms with Crippen LogP contribution in [0.2, 0.25) is 0 Å². The maximum absolute atomic E-state index is 5.42. The van der Waals surface area contributed by atoms with Gasteiger partial charge in [-0.2, -0.15) is 0 Å². The lowest BCUT2D eigenvalue weighted by Gasteiger charge is -2.27. The normalized spacial score (nSPS) is 13.1. The van der Waals surface area contributed by atoms with Crippen molar-refractivity contribution in [3.05, 3.63) is 0 Å². The molecular weight excluding hydrogens is 188 g/mol. The average molecular weight is 214 g/mol. The fraction of sp³-hybridized carbons (Fsp3) is 0.909. The van der Waals surface area contributed by atoms with Gasteiger partial charge in [-0.25, -0.2) is 5.84 Å². The van der Waals surface area contributed by atoms with Crippen LogP contribution in [0, 0.1) is 5.92 Å². The van der Waals surface area contributed by atoms with Crippen LogP contribution in [0.15, 0.2) is 4.99 Å². The highest BCUT2D eigenvalue weighted by atomic mass is 15.3. The first-order valence-electron chi connectivity index (χ1n) is 5.70. The van der Waals surface area contributed by atoms with Gasteiger partial charge in [-0.3, -0.25) is 10.4 Å². The van der Waals surface area contributed by atoms with E-state index < -0.39 is 0 Å². The molecule has 0 radical (unpaired) electrons. The second-order valence-corrected chi connectivity index (χ2v) is 4.99. The molecule has 0 rings (SSSR count). The Morgan fingerprint density at radius 2 is 2.00 bits per heavy atom. The van der Waals surface area contributed by atoms with Gasteiger partial charge < -0.3 is 5.32 Å². The van der Waals surface area contributed by atoms with E-state index >= 15 is 0 Å². The Morgan fingerprint density at radius 3 is 2.40 bits per heavy atom. The van der Waals surface area contributed by atoms with Crippen molar-refractivity contribution in [2.45, 2.75) is 53.0 Å². The fourth-order valence-corrected chi connectivity index (χ4v) is 1.40. The van der Waals surface area contributed by atoms with E-state index in [9.17, 15) is 0 Å². The van der Waals surface area contributed by atoms with Gasteiger partial charge in [-0.1, -0.05) is 27.2 Å². The quantitative estimate of drug-likeness (QED) is 0.282. The number of aliphatic imine (C=N–C) groups is 1. The molecular formula is C11H26N4. The highest BCUT2D eigenvalue weighted by Gasteiger charge is 2.17. The number of hydrogen-bond acceptors (Lipinski definition) is 2. The van der Waals surface area contributed by atoms with Crippen molar-refractivity contribution in [1.29, 1.82) is 0 Å². The molecule has 4 N–H and O–H groups in total. The first-order chi connectivity index (χ1) is 6.91. The third-order valence-corrected chi connectivity index (χ3v) is 2.08. The molecule has 0 bridgehead atoms. The minimum atomic E-state index is 0.0386. The standard InChI is InChI=1S/C11H26N4/c1-6-7-11(4,5)14-10(15-12)13-8-9(2)3/h9H,6-8,12H2,1-5H3,(H2,13,14,15). The highest BCUT2D eigenvalue weighted by Crippen LogP contribution is 2.10. The van der Waals surface area contributed by atoms with Crippen LogP contribution in [-0.2, 0) is 0 Å². The molecule has 0 aliphatic rings. The van der Waals surface area contributed by atoms with E-state index in [0.29, 0.717) is 11.9 Å². The Bertz CT molecular complexity index is 197. The van der Waals surface area contributed by atoms with Crippen molar-refractivity contribution in [3.8, 4) is 0 Å². The van der Waals surface area contributed by atoms with E-state index in [4.69, 9.17) is 5.84 Å². The predicted molar refractivity (Wildman–Crippen MR) is 66.6 cm³/mol. The van der Waals surface area contributed by atoms with Crippen LogP contribution in [0.1, 0.15) is 47.5 Å². The molecule has 4 heteroatoms. The number of guanidine groups is 1. The summed E-state index contributed by atoms with van der Waals surface area (Å²) >= 11 is 0. The maximum Gasteiger partial charge on any atom is 0.206 e. The SMILES string of the molecule is CCCC(C)(C)NC(=NCC(C)C)NN.